The van der Waals surface area contributed by atoms with Crippen LogP contribution in [-0.2, 0) is 11.3 Å². The van der Waals surface area contributed by atoms with E-state index in [0.717, 1.165) is 31.5 Å². The second-order valence-electron chi connectivity index (χ2n) is 5.04. The molecule has 1 aliphatic heterocycles. The molecule has 1 fully saturated rings. The van der Waals surface area contributed by atoms with Gasteiger partial charge in [0.15, 0.2) is 0 Å². The molecule has 6 heteroatoms. The molecule has 4 N–H and O–H groups in total. The van der Waals surface area contributed by atoms with E-state index in [0.29, 0.717) is 12.2 Å². The zero-order valence-corrected chi connectivity index (χ0v) is 11.4. The van der Waals surface area contributed by atoms with Crippen LogP contribution in [0.15, 0.2) is 24.3 Å². The molecule has 108 valence electrons. The lowest BCUT2D eigenvalue weighted by Crippen LogP contribution is -2.45. The quantitative estimate of drug-likeness (QED) is 0.796. The SMILES string of the molecule is NC(=O)CN(Cc1cccc(N)c1)C(=O)N1CCCC1. The van der Waals surface area contributed by atoms with Crippen molar-refractivity contribution in [3.63, 3.8) is 0 Å². The van der Waals surface area contributed by atoms with Crippen LogP contribution in [0.2, 0.25) is 0 Å². The molecule has 0 atom stereocenters. The molecule has 1 aromatic carbocycles. The number of nitrogen functional groups attached to an aromatic ring is 1. The van der Waals surface area contributed by atoms with Crippen molar-refractivity contribution >= 4 is 17.6 Å². The van der Waals surface area contributed by atoms with Gasteiger partial charge in [0.05, 0.1) is 0 Å². The number of carbonyl (C=O) groups is 2. The Morgan fingerprint density at radius 2 is 1.95 bits per heavy atom. The fourth-order valence-electron chi connectivity index (χ4n) is 2.40. The molecule has 1 heterocycles. The minimum absolute atomic E-state index is 0.0792. The first-order valence-electron chi connectivity index (χ1n) is 6.73. The lowest BCUT2D eigenvalue weighted by atomic mass is 10.2. The number of urea groups is 1. The molecular weight excluding hydrogens is 256 g/mol. The van der Waals surface area contributed by atoms with Crippen LogP contribution in [0.3, 0.4) is 0 Å². The molecule has 6 nitrogen and oxygen atoms in total. The maximum Gasteiger partial charge on any atom is 0.320 e. The number of nitrogens with zero attached hydrogens (tertiary/aromatic N) is 2. The van der Waals surface area contributed by atoms with Crippen LogP contribution in [0.25, 0.3) is 0 Å². The zero-order chi connectivity index (χ0) is 14.5. The second kappa shape index (κ2) is 6.27. The summed E-state index contributed by atoms with van der Waals surface area (Å²) in [6.07, 6.45) is 2.02. The summed E-state index contributed by atoms with van der Waals surface area (Å²) in [4.78, 5) is 26.8. The van der Waals surface area contributed by atoms with E-state index in [2.05, 4.69) is 0 Å². The van der Waals surface area contributed by atoms with Crippen molar-refractivity contribution in [2.75, 3.05) is 25.4 Å². The van der Waals surface area contributed by atoms with Crippen LogP contribution in [0.1, 0.15) is 18.4 Å². The zero-order valence-electron chi connectivity index (χ0n) is 11.4. The molecule has 0 spiro atoms. The Bertz CT molecular complexity index is 498. The van der Waals surface area contributed by atoms with Crippen molar-refractivity contribution in [2.24, 2.45) is 5.73 Å². The summed E-state index contributed by atoms with van der Waals surface area (Å²) >= 11 is 0. The van der Waals surface area contributed by atoms with E-state index in [1.807, 2.05) is 12.1 Å². The highest BCUT2D eigenvalue weighted by molar-refractivity contribution is 5.83. The summed E-state index contributed by atoms with van der Waals surface area (Å²) in [5.74, 6) is -0.513. The number of nitrogens with two attached hydrogens (primary N) is 2. The summed E-state index contributed by atoms with van der Waals surface area (Å²) in [6.45, 7) is 1.74. The molecule has 1 aliphatic rings. The van der Waals surface area contributed by atoms with Gasteiger partial charge in [0.2, 0.25) is 5.91 Å². The number of likely N-dealkylation sites (tertiary alicyclic amines) is 1. The van der Waals surface area contributed by atoms with Gasteiger partial charge in [-0.05, 0) is 30.5 Å². The highest BCUT2D eigenvalue weighted by Gasteiger charge is 2.24. The van der Waals surface area contributed by atoms with E-state index in [1.54, 1.807) is 17.0 Å². The summed E-state index contributed by atoms with van der Waals surface area (Å²) in [7, 11) is 0. The van der Waals surface area contributed by atoms with Gasteiger partial charge in [-0.1, -0.05) is 12.1 Å². The maximum atomic E-state index is 12.4. The fraction of sp³-hybridized carbons (Fsp3) is 0.429. The standard InChI is InChI=1S/C14H20N4O2/c15-12-5-3-4-11(8-12)9-18(10-13(16)19)14(20)17-6-1-2-7-17/h3-5,8H,1-2,6-7,9-10,15H2,(H2,16,19). The summed E-state index contributed by atoms with van der Waals surface area (Å²) in [5.41, 5.74) is 12.5. The largest absolute Gasteiger partial charge is 0.399 e. The average Bonchev–Trinajstić information content (AvgIpc) is 2.90. The van der Waals surface area contributed by atoms with Gasteiger partial charge in [0.1, 0.15) is 6.54 Å². The van der Waals surface area contributed by atoms with Crippen molar-refractivity contribution in [3.05, 3.63) is 29.8 Å². The molecule has 0 aromatic heterocycles. The number of hydrogen-bond donors (Lipinski definition) is 2. The van der Waals surface area contributed by atoms with Crippen molar-refractivity contribution in [1.29, 1.82) is 0 Å². The number of rotatable bonds is 4. The second-order valence-corrected chi connectivity index (χ2v) is 5.04. The van der Waals surface area contributed by atoms with Crippen molar-refractivity contribution in [3.8, 4) is 0 Å². The Morgan fingerprint density at radius 1 is 1.25 bits per heavy atom. The minimum Gasteiger partial charge on any atom is -0.399 e. The maximum absolute atomic E-state index is 12.4. The molecule has 3 amide bonds. The van der Waals surface area contributed by atoms with E-state index in [4.69, 9.17) is 11.5 Å². The number of anilines is 1. The lowest BCUT2D eigenvalue weighted by molar-refractivity contribution is -0.118. The Morgan fingerprint density at radius 3 is 2.55 bits per heavy atom. The van der Waals surface area contributed by atoms with Crippen molar-refractivity contribution < 1.29 is 9.59 Å². The average molecular weight is 276 g/mol. The molecule has 1 aromatic rings. The van der Waals surface area contributed by atoms with Crippen LogP contribution < -0.4 is 11.5 Å². The van der Waals surface area contributed by atoms with Crippen molar-refractivity contribution in [1.82, 2.24) is 9.80 Å². The van der Waals surface area contributed by atoms with Gasteiger partial charge in [-0.2, -0.15) is 0 Å². The number of benzene rings is 1. The van der Waals surface area contributed by atoms with Crippen molar-refractivity contribution in [2.45, 2.75) is 19.4 Å². The summed E-state index contributed by atoms with van der Waals surface area (Å²) in [5, 5.41) is 0. The Kier molecular flexibility index (Phi) is 4.45. The number of hydrogen-bond acceptors (Lipinski definition) is 3. The van der Waals surface area contributed by atoms with Crippen LogP contribution in [0.5, 0.6) is 0 Å². The first kappa shape index (κ1) is 14.2. The fourth-order valence-corrected chi connectivity index (χ4v) is 2.40. The highest BCUT2D eigenvalue weighted by Crippen LogP contribution is 2.14. The van der Waals surface area contributed by atoms with E-state index in [-0.39, 0.29) is 12.6 Å². The molecule has 20 heavy (non-hydrogen) atoms. The van der Waals surface area contributed by atoms with Crippen LogP contribution >= 0.6 is 0 Å². The summed E-state index contributed by atoms with van der Waals surface area (Å²) < 4.78 is 0. The van der Waals surface area contributed by atoms with Crippen LogP contribution in [0.4, 0.5) is 10.5 Å². The van der Waals surface area contributed by atoms with Gasteiger partial charge in [-0.15, -0.1) is 0 Å². The van der Waals surface area contributed by atoms with Gasteiger partial charge >= 0.3 is 6.03 Å². The van der Waals surface area contributed by atoms with E-state index < -0.39 is 5.91 Å². The predicted molar refractivity (Wildman–Crippen MR) is 76.7 cm³/mol. The molecule has 0 bridgehead atoms. The molecule has 0 radical (unpaired) electrons. The van der Waals surface area contributed by atoms with Gasteiger partial charge in [0, 0.05) is 25.3 Å². The minimum atomic E-state index is -0.513. The third kappa shape index (κ3) is 3.63. The molecule has 2 rings (SSSR count). The number of amides is 3. The monoisotopic (exact) mass is 276 g/mol. The molecular formula is C14H20N4O2. The lowest BCUT2D eigenvalue weighted by Gasteiger charge is -2.27. The normalized spacial score (nSPS) is 14.3. The molecule has 0 aliphatic carbocycles. The van der Waals surface area contributed by atoms with Gasteiger partial charge in [-0.25, -0.2) is 4.79 Å². The Labute approximate surface area is 118 Å². The molecule has 0 saturated carbocycles. The number of primary amides is 1. The van der Waals surface area contributed by atoms with E-state index >= 15 is 0 Å². The third-order valence-electron chi connectivity index (χ3n) is 3.32. The van der Waals surface area contributed by atoms with Gasteiger partial charge in [0.25, 0.3) is 0 Å². The first-order valence-corrected chi connectivity index (χ1v) is 6.73. The first-order chi connectivity index (χ1) is 9.56. The van der Waals surface area contributed by atoms with E-state index in [1.165, 1.54) is 4.90 Å². The smallest absolute Gasteiger partial charge is 0.320 e. The highest BCUT2D eigenvalue weighted by atomic mass is 16.2. The number of carbonyl (C=O) groups excluding carboxylic acids is 2. The topological polar surface area (TPSA) is 92.7 Å². The van der Waals surface area contributed by atoms with Gasteiger partial charge < -0.3 is 21.3 Å². The predicted octanol–water partition coefficient (Wildman–Crippen LogP) is 0.772. The van der Waals surface area contributed by atoms with Crippen LogP contribution in [-0.4, -0.2) is 41.4 Å². The molecule has 1 saturated heterocycles. The molecule has 0 unspecified atom stereocenters. The Balaban J connectivity index is 2.10. The van der Waals surface area contributed by atoms with E-state index in [9.17, 15) is 9.59 Å². The Hall–Kier alpha value is -2.24. The van der Waals surface area contributed by atoms with Crippen LogP contribution in [0, 0.1) is 0 Å². The summed E-state index contributed by atoms with van der Waals surface area (Å²) in [6, 6.07) is 7.15. The van der Waals surface area contributed by atoms with Gasteiger partial charge in [-0.3, -0.25) is 4.79 Å². The third-order valence-corrected chi connectivity index (χ3v) is 3.32.